The zero-order chi connectivity index (χ0) is 18.2. The largest absolute Gasteiger partial charge is 0.423 e. The van der Waals surface area contributed by atoms with E-state index >= 15 is 0 Å². The van der Waals surface area contributed by atoms with Crippen molar-refractivity contribution >= 4 is 17.1 Å². The second-order valence-corrected chi connectivity index (χ2v) is 7.74. The van der Waals surface area contributed by atoms with Crippen LogP contribution in [0.3, 0.4) is 0 Å². The van der Waals surface area contributed by atoms with Crippen LogP contribution in [-0.4, -0.2) is 27.9 Å². The predicted octanol–water partition coefficient (Wildman–Crippen LogP) is 3.18. The lowest BCUT2D eigenvalue weighted by Gasteiger charge is -2.31. The molecule has 6 heteroatoms. The van der Waals surface area contributed by atoms with Gasteiger partial charge in [-0.05, 0) is 62.1 Å². The molecule has 5 rings (SSSR count). The van der Waals surface area contributed by atoms with Gasteiger partial charge in [0.2, 0.25) is 0 Å². The molecule has 0 radical (unpaired) electrons. The van der Waals surface area contributed by atoms with Crippen LogP contribution in [0.1, 0.15) is 36.9 Å². The van der Waals surface area contributed by atoms with E-state index in [1.165, 1.54) is 12.8 Å². The standard InChI is InChI=1S/C21H24N4O2/c26-20-13-16-5-1-2-6-17(16)23-25(20)14-15-9-11-24(12-10-15)21-22-18-7-3-4-8-19(18)27-21/h3-4,7-8,13,15H,1-2,5-6,9-12,14H2. The highest BCUT2D eigenvalue weighted by molar-refractivity contribution is 5.74. The van der Waals surface area contributed by atoms with E-state index in [0.29, 0.717) is 18.5 Å². The molecule has 1 aliphatic carbocycles. The van der Waals surface area contributed by atoms with E-state index < -0.39 is 0 Å². The predicted molar refractivity (Wildman–Crippen MR) is 104 cm³/mol. The number of hydrogen-bond acceptors (Lipinski definition) is 5. The summed E-state index contributed by atoms with van der Waals surface area (Å²) in [6.07, 6.45) is 6.40. The topological polar surface area (TPSA) is 64.2 Å². The molecule has 3 heterocycles. The van der Waals surface area contributed by atoms with Gasteiger partial charge in [-0.15, -0.1) is 0 Å². The number of aryl methyl sites for hydroxylation is 2. The number of benzene rings is 1. The van der Waals surface area contributed by atoms with Gasteiger partial charge in [-0.2, -0.15) is 10.1 Å². The van der Waals surface area contributed by atoms with E-state index in [2.05, 4.69) is 15.0 Å². The molecule has 1 fully saturated rings. The molecule has 0 unspecified atom stereocenters. The Bertz CT molecular complexity index is 981. The Morgan fingerprint density at radius 3 is 2.78 bits per heavy atom. The fourth-order valence-electron chi connectivity index (χ4n) is 4.28. The summed E-state index contributed by atoms with van der Waals surface area (Å²) in [4.78, 5) is 19.2. The third-order valence-corrected chi connectivity index (χ3v) is 5.87. The molecular formula is C21H24N4O2. The number of para-hydroxylation sites is 2. The van der Waals surface area contributed by atoms with Crippen molar-refractivity contribution in [3.8, 4) is 0 Å². The lowest BCUT2D eigenvalue weighted by atomic mass is 9.96. The summed E-state index contributed by atoms with van der Waals surface area (Å²) >= 11 is 0. The highest BCUT2D eigenvalue weighted by atomic mass is 16.4. The van der Waals surface area contributed by atoms with Gasteiger partial charge in [0.15, 0.2) is 5.58 Å². The normalized spacial score (nSPS) is 18.0. The Kier molecular flexibility index (Phi) is 4.19. The molecule has 1 aliphatic heterocycles. The first kappa shape index (κ1) is 16.5. The minimum Gasteiger partial charge on any atom is -0.423 e. The first-order valence-corrected chi connectivity index (χ1v) is 9.97. The molecule has 0 amide bonds. The number of fused-ring (bicyclic) bond motifs is 2. The Morgan fingerprint density at radius 1 is 1.11 bits per heavy atom. The number of piperidine rings is 1. The van der Waals surface area contributed by atoms with Crippen molar-refractivity contribution in [1.29, 1.82) is 0 Å². The van der Waals surface area contributed by atoms with Crippen molar-refractivity contribution in [2.24, 2.45) is 5.92 Å². The van der Waals surface area contributed by atoms with Crippen molar-refractivity contribution < 1.29 is 4.42 Å². The molecule has 1 aromatic carbocycles. The smallest absolute Gasteiger partial charge is 0.298 e. The third-order valence-electron chi connectivity index (χ3n) is 5.87. The molecule has 0 N–H and O–H groups in total. The lowest BCUT2D eigenvalue weighted by Crippen LogP contribution is -2.37. The number of oxazole rings is 1. The average molecular weight is 364 g/mol. The van der Waals surface area contributed by atoms with Crippen LogP contribution in [0.15, 0.2) is 39.5 Å². The van der Waals surface area contributed by atoms with E-state index in [9.17, 15) is 4.79 Å². The quantitative estimate of drug-likeness (QED) is 0.714. The van der Waals surface area contributed by atoms with Gasteiger partial charge >= 0.3 is 0 Å². The monoisotopic (exact) mass is 364 g/mol. The first-order valence-electron chi connectivity index (χ1n) is 9.97. The van der Waals surface area contributed by atoms with Gasteiger partial charge in [-0.1, -0.05) is 12.1 Å². The summed E-state index contributed by atoms with van der Waals surface area (Å²) in [5, 5.41) is 4.67. The highest BCUT2D eigenvalue weighted by Gasteiger charge is 2.24. The zero-order valence-electron chi connectivity index (χ0n) is 15.4. The van der Waals surface area contributed by atoms with Crippen molar-refractivity contribution in [2.75, 3.05) is 18.0 Å². The van der Waals surface area contributed by atoms with E-state index in [1.54, 1.807) is 4.68 Å². The zero-order valence-corrected chi connectivity index (χ0v) is 15.4. The fraction of sp³-hybridized carbons (Fsp3) is 0.476. The van der Waals surface area contributed by atoms with Crippen LogP contribution in [0, 0.1) is 5.92 Å². The molecule has 140 valence electrons. The van der Waals surface area contributed by atoms with Crippen molar-refractivity contribution in [2.45, 2.75) is 45.1 Å². The maximum Gasteiger partial charge on any atom is 0.298 e. The Hall–Kier alpha value is -2.63. The maximum absolute atomic E-state index is 12.4. The Morgan fingerprint density at radius 2 is 1.93 bits per heavy atom. The average Bonchev–Trinajstić information content (AvgIpc) is 3.13. The van der Waals surface area contributed by atoms with Crippen molar-refractivity contribution in [3.05, 3.63) is 51.9 Å². The molecule has 6 nitrogen and oxygen atoms in total. The van der Waals surface area contributed by atoms with Crippen LogP contribution in [0.25, 0.3) is 11.1 Å². The van der Waals surface area contributed by atoms with Crippen LogP contribution >= 0.6 is 0 Å². The van der Waals surface area contributed by atoms with Gasteiger partial charge in [-0.25, -0.2) is 4.68 Å². The van der Waals surface area contributed by atoms with E-state index in [4.69, 9.17) is 4.42 Å². The Balaban J connectivity index is 1.26. The number of anilines is 1. The highest BCUT2D eigenvalue weighted by Crippen LogP contribution is 2.27. The minimum atomic E-state index is 0.0528. The van der Waals surface area contributed by atoms with Crippen LogP contribution in [-0.2, 0) is 19.4 Å². The first-order chi connectivity index (χ1) is 13.3. The molecule has 0 spiro atoms. The van der Waals surface area contributed by atoms with E-state index in [-0.39, 0.29) is 5.56 Å². The summed E-state index contributed by atoms with van der Waals surface area (Å²) in [6.45, 7) is 2.52. The van der Waals surface area contributed by atoms with Crippen LogP contribution in [0.5, 0.6) is 0 Å². The van der Waals surface area contributed by atoms with Crippen molar-refractivity contribution in [3.63, 3.8) is 0 Å². The molecule has 27 heavy (non-hydrogen) atoms. The molecule has 0 saturated carbocycles. The number of nitrogens with zero attached hydrogens (tertiary/aromatic N) is 4. The van der Waals surface area contributed by atoms with Gasteiger partial charge in [0.05, 0.1) is 5.69 Å². The summed E-state index contributed by atoms with van der Waals surface area (Å²) in [7, 11) is 0. The van der Waals surface area contributed by atoms with E-state index in [0.717, 1.165) is 61.1 Å². The second-order valence-electron chi connectivity index (χ2n) is 7.74. The second kappa shape index (κ2) is 6.83. The SMILES string of the molecule is O=c1cc2c(nn1CC1CCN(c3nc4ccccc4o3)CC1)CCCC2. The van der Waals surface area contributed by atoms with Crippen LogP contribution < -0.4 is 10.5 Å². The van der Waals surface area contributed by atoms with Gasteiger partial charge in [0, 0.05) is 25.7 Å². The summed E-state index contributed by atoms with van der Waals surface area (Å²) in [5.74, 6) is 0.470. The number of rotatable bonds is 3. The molecule has 1 saturated heterocycles. The number of aromatic nitrogens is 3. The molecule has 2 aliphatic rings. The van der Waals surface area contributed by atoms with Gasteiger partial charge in [0.1, 0.15) is 5.52 Å². The third kappa shape index (κ3) is 3.24. The Labute approximate surface area is 157 Å². The van der Waals surface area contributed by atoms with Gasteiger partial charge < -0.3 is 9.32 Å². The number of hydrogen-bond donors (Lipinski definition) is 0. The summed E-state index contributed by atoms with van der Waals surface area (Å²) in [6, 6.07) is 10.4. The summed E-state index contributed by atoms with van der Waals surface area (Å²) < 4.78 is 7.59. The summed E-state index contributed by atoms with van der Waals surface area (Å²) in [5.41, 5.74) is 4.08. The molecular weight excluding hydrogens is 340 g/mol. The van der Waals surface area contributed by atoms with Crippen LogP contribution in [0.4, 0.5) is 6.01 Å². The van der Waals surface area contributed by atoms with Gasteiger partial charge in [-0.3, -0.25) is 4.79 Å². The molecule has 3 aromatic rings. The lowest BCUT2D eigenvalue weighted by molar-refractivity contribution is 0.325. The fourth-order valence-corrected chi connectivity index (χ4v) is 4.28. The molecule has 0 atom stereocenters. The van der Waals surface area contributed by atoms with E-state index in [1.807, 2.05) is 30.3 Å². The van der Waals surface area contributed by atoms with Crippen LogP contribution in [0.2, 0.25) is 0 Å². The molecule has 2 aromatic heterocycles. The van der Waals surface area contributed by atoms with Gasteiger partial charge in [0.25, 0.3) is 11.6 Å². The minimum absolute atomic E-state index is 0.0528. The molecule has 0 bridgehead atoms. The maximum atomic E-state index is 12.4. The van der Waals surface area contributed by atoms with Crippen molar-refractivity contribution in [1.82, 2.24) is 14.8 Å².